The van der Waals surface area contributed by atoms with E-state index in [0.717, 1.165) is 52.6 Å². The van der Waals surface area contributed by atoms with E-state index in [0.29, 0.717) is 5.02 Å². The summed E-state index contributed by atoms with van der Waals surface area (Å²) in [5, 5.41) is 0.611. The number of nitrogens with zero attached hydrogens (tertiary/aromatic N) is 3. The van der Waals surface area contributed by atoms with E-state index in [1.54, 1.807) is 0 Å². The number of fused-ring (bicyclic) bond motifs is 1. The van der Waals surface area contributed by atoms with Crippen molar-refractivity contribution in [2.75, 3.05) is 31.2 Å². The normalized spacial score (nSPS) is 15.3. The van der Waals surface area contributed by atoms with Crippen molar-refractivity contribution in [3.8, 4) is 11.3 Å². The summed E-state index contributed by atoms with van der Waals surface area (Å²) in [6.45, 7) is 3.42. The third-order valence-corrected chi connectivity index (χ3v) is 4.71. The molecule has 0 atom stereocenters. The van der Waals surface area contributed by atoms with Gasteiger partial charge in [0.2, 0.25) is 0 Å². The molecule has 0 aliphatic carbocycles. The first-order valence-electron chi connectivity index (χ1n) is 7.35. The zero-order chi connectivity index (χ0) is 15.8. The summed E-state index contributed by atoms with van der Waals surface area (Å²) >= 11 is 8.52. The Kier molecular flexibility index (Phi) is 4.13. The first-order chi connectivity index (χ1) is 11.2. The zero-order valence-electron chi connectivity index (χ0n) is 12.2. The van der Waals surface area contributed by atoms with Crippen LogP contribution in [-0.2, 0) is 4.74 Å². The molecule has 0 radical (unpaired) electrons. The summed E-state index contributed by atoms with van der Waals surface area (Å²) < 4.78 is 6.20. The molecule has 1 aliphatic rings. The molecule has 0 bridgehead atoms. The largest absolute Gasteiger partial charge is 0.378 e. The smallest absolute Gasteiger partial charge is 0.170 e. The highest BCUT2D eigenvalue weighted by Crippen LogP contribution is 2.30. The molecule has 0 amide bonds. The van der Waals surface area contributed by atoms with Crippen LogP contribution in [0.15, 0.2) is 30.3 Å². The minimum atomic E-state index is 0.611. The summed E-state index contributed by atoms with van der Waals surface area (Å²) in [6.07, 6.45) is 0. The second kappa shape index (κ2) is 6.26. The Hall–Kier alpha value is -1.38. The van der Waals surface area contributed by atoms with Crippen molar-refractivity contribution in [1.29, 1.82) is 0 Å². The topological polar surface area (TPSA) is 54.0 Å². The van der Waals surface area contributed by atoms with E-state index >= 15 is 0 Å². The minimum absolute atomic E-state index is 0.611. The van der Waals surface area contributed by atoms with Crippen LogP contribution in [0.2, 0.25) is 5.02 Å². The fourth-order valence-electron chi connectivity index (χ4n) is 2.74. The highest BCUT2D eigenvalue weighted by atomic mass is 127. The molecular weight excluding hydrogens is 427 g/mol. The van der Waals surface area contributed by atoms with Gasteiger partial charge < -0.3 is 14.6 Å². The lowest BCUT2D eigenvalue weighted by molar-refractivity contribution is 0.122. The summed E-state index contributed by atoms with van der Waals surface area (Å²) in [7, 11) is 0. The predicted molar refractivity (Wildman–Crippen MR) is 100 cm³/mol. The molecule has 1 aromatic carbocycles. The van der Waals surface area contributed by atoms with Crippen LogP contribution in [0.4, 0.5) is 5.69 Å². The number of pyridine rings is 1. The Bertz CT molecular complexity index is 843. The lowest BCUT2D eigenvalue weighted by Gasteiger charge is -2.28. The molecule has 1 N–H and O–H groups in total. The molecule has 23 heavy (non-hydrogen) atoms. The second-order valence-corrected chi connectivity index (χ2v) is 6.79. The van der Waals surface area contributed by atoms with Crippen LogP contribution in [0.1, 0.15) is 0 Å². The molecule has 1 saturated heterocycles. The number of hydrogen-bond acceptors (Lipinski definition) is 4. The van der Waals surface area contributed by atoms with Crippen LogP contribution in [-0.4, -0.2) is 41.3 Å². The van der Waals surface area contributed by atoms with Gasteiger partial charge >= 0.3 is 0 Å². The SMILES string of the molecule is Clc1cc2nc(I)[nH]c2nc1-c1ccc(N2CCOCC2)cc1. The number of H-pyrrole nitrogens is 1. The monoisotopic (exact) mass is 440 g/mol. The maximum Gasteiger partial charge on any atom is 0.170 e. The molecular formula is C16H14ClIN4O. The van der Waals surface area contributed by atoms with Crippen molar-refractivity contribution in [2.24, 2.45) is 0 Å². The second-order valence-electron chi connectivity index (χ2n) is 5.36. The molecule has 4 rings (SSSR count). The number of hydrogen-bond donors (Lipinski definition) is 1. The first kappa shape index (κ1) is 15.2. The molecule has 7 heteroatoms. The van der Waals surface area contributed by atoms with E-state index in [9.17, 15) is 0 Å². The Labute approximate surface area is 152 Å². The quantitative estimate of drug-likeness (QED) is 0.617. The Balaban J connectivity index is 1.68. The lowest BCUT2D eigenvalue weighted by Crippen LogP contribution is -2.36. The van der Waals surface area contributed by atoms with Crippen molar-refractivity contribution >= 4 is 51.0 Å². The van der Waals surface area contributed by atoms with Crippen LogP contribution in [0, 0.1) is 3.83 Å². The summed E-state index contributed by atoms with van der Waals surface area (Å²) in [5.74, 6) is 0. The maximum atomic E-state index is 6.39. The van der Waals surface area contributed by atoms with Gasteiger partial charge in [0, 0.05) is 24.3 Å². The third-order valence-electron chi connectivity index (χ3n) is 3.91. The van der Waals surface area contributed by atoms with E-state index in [-0.39, 0.29) is 0 Å². The van der Waals surface area contributed by atoms with Gasteiger partial charge in [0.1, 0.15) is 5.52 Å². The van der Waals surface area contributed by atoms with Crippen LogP contribution < -0.4 is 4.90 Å². The highest BCUT2D eigenvalue weighted by Gasteiger charge is 2.13. The number of halogens is 2. The van der Waals surface area contributed by atoms with Gasteiger partial charge in [-0.2, -0.15) is 0 Å². The van der Waals surface area contributed by atoms with Crippen LogP contribution in [0.25, 0.3) is 22.4 Å². The average molecular weight is 441 g/mol. The number of benzene rings is 1. The number of morpholine rings is 1. The number of nitrogens with one attached hydrogen (secondary N) is 1. The molecule has 3 heterocycles. The Morgan fingerprint density at radius 1 is 1.13 bits per heavy atom. The number of aromatic amines is 1. The number of anilines is 1. The molecule has 2 aromatic heterocycles. The molecule has 0 spiro atoms. The molecule has 1 aliphatic heterocycles. The summed E-state index contributed by atoms with van der Waals surface area (Å²) in [4.78, 5) is 14.4. The fraction of sp³-hybridized carbons (Fsp3) is 0.250. The molecule has 3 aromatic rings. The number of imidazole rings is 1. The van der Waals surface area contributed by atoms with Gasteiger partial charge in [-0.3, -0.25) is 0 Å². The van der Waals surface area contributed by atoms with E-state index in [4.69, 9.17) is 16.3 Å². The molecule has 5 nitrogen and oxygen atoms in total. The van der Waals surface area contributed by atoms with Crippen molar-refractivity contribution in [2.45, 2.75) is 0 Å². The first-order valence-corrected chi connectivity index (χ1v) is 8.81. The number of ether oxygens (including phenoxy) is 1. The average Bonchev–Trinajstić information content (AvgIpc) is 2.94. The van der Waals surface area contributed by atoms with Gasteiger partial charge in [0.05, 0.1) is 23.9 Å². The van der Waals surface area contributed by atoms with Gasteiger partial charge in [-0.25, -0.2) is 9.97 Å². The van der Waals surface area contributed by atoms with E-state index in [1.165, 1.54) is 5.69 Å². The Morgan fingerprint density at radius 3 is 2.61 bits per heavy atom. The van der Waals surface area contributed by atoms with Crippen molar-refractivity contribution < 1.29 is 4.74 Å². The zero-order valence-corrected chi connectivity index (χ0v) is 15.1. The maximum absolute atomic E-state index is 6.39. The number of aromatic nitrogens is 3. The van der Waals surface area contributed by atoms with Gasteiger partial charge in [-0.1, -0.05) is 23.7 Å². The van der Waals surface area contributed by atoms with Crippen LogP contribution in [0.5, 0.6) is 0 Å². The standard InChI is InChI=1S/C16H14ClIN4O/c17-12-9-13-15(21-16(18)19-13)20-14(12)10-1-3-11(4-2-10)22-5-7-23-8-6-22/h1-4,9H,5-8H2,(H,19,20,21). The van der Waals surface area contributed by atoms with Crippen LogP contribution in [0.3, 0.4) is 0 Å². The number of rotatable bonds is 2. The van der Waals surface area contributed by atoms with Gasteiger partial charge in [0.15, 0.2) is 9.48 Å². The molecule has 0 saturated carbocycles. The summed E-state index contributed by atoms with van der Waals surface area (Å²) in [5.41, 5.74) is 4.51. The van der Waals surface area contributed by atoms with Gasteiger partial charge in [-0.05, 0) is 40.8 Å². The van der Waals surface area contributed by atoms with Crippen LogP contribution >= 0.6 is 34.2 Å². The molecule has 118 valence electrons. The third kappa shape index (κ3) is 3.02. The van der Waals surface area contributed by atoms with Crippen molar-refractivity contribution in [3.05, 3.63) is 39.2 Å². The van der Waals surface area contributed by atoms with E-state index in [2.05, 4.69) is 66.7 Å². The summed E-state index contributed by atoms with van der Waals surface area (Å²) in [6, 6.07) is 10.2. The van der Waals surface area contributed by atoms with E-state index < -0.39 is 0 Å². The van der Waals surface area contributed by atoms with Gasteiger partial charge in [0.25, 0.3) is 0 Å². The van der Waals surface area contributed by atoms with Crippen molar-refractivity contribution in [3.63, 3.8) is 0 Å². The Morgan fingerprint density at radius 2 is 1.87 bits per heavy atom. The minimum Gasteiger partial charge on any atom is -0.378 e. The van der Waals surface area contributed by atoms with Crippen molar-refractivity contribution in [1.82, 2.24) is 15.0 Å². The lowest BCUT2D eigenvalue weighted by atomic mass is 10.1. The fourth-order valence-corrected chi connectivity index (χ4v) is 3.51. The highest BCUT2D eigenvalue weighted by molar-refractivity contribution is 14.1. The van der Waals surface area contributed by atoms with E-state index in [1.807, 2.05) is 6.07 Å². The molecule has 0 unspecified atom stereocenters. The predicted octanol–water partition coefficient (Wildman–Crippen LogP) is 3.72. The molecule has 1 fully saturated rings. The van der Waals surface area contributed by atoms with Gasteiger partial charge in [-0.15, -0.1) is 0 Å².